The Bertz CT molecular complexity index is 507. The fourth-order valence-corrected chi connectivity index (χ4v) is 3.15. The molecule has 1 atom stereocenters. The summed E-state index contributed by atoms with van der Waals surface area (Å²) in [5.74, 6) is 0. The molecule has 1 nitrogen and oxygen atoms in total. The lowest BCUT2D eigenvalue weighted by Gasteiger charge is -2.23. The highest BCUT2D eigenvalue weighted by Gasteiger charge is 2.21. The van der Waals surface area contributed by atoms with E-state index in [2.05, 4.69) is 42.2 Å². The number of rotatable bonds is 0. The summed E-state index contributed by atoms with van der Waals surface area (Å²) >= 11 is 1.89. The van der Waals surface area contributed by atoms with Crippen molar-refractivity contribution in [2.75, 3.05) is 0 Å². The van der Waals surface area contributed by atoms with Crippen molar-refractivity contribution in [3.8, 4) is 11.3 Å². The highest BCUT2D eigenvalue weighted by Crippen LogP contribution is 2.47. The Morgan fingerprint density at radius 3 is 2.93 bits per heavy atom. The Morgan fingerprint density at radius 2 is 2.00 bits per heavy atom. The van der Waals surface area contributed by atoms with Crippen molar-refractivity contribution in [3.05, 3.63) is 48.2 Å². The first-order chi connectivity index (χ1) is 7.36. The molecule has 74 valence electrons. The zero-order valence-corrected chi connectivity index (χ0v) is 9.29. The molecule has 0 saturated heterocycles. The minimum absolute atomic E-state index is 0.526. The Balaban J connectivity index is 2.30. The average Bonchev–Trinajstić information content (AvgIpc) is 2.30. The lowest BCUT2D eigenvalue weighted by Crippen LogP contribution is -2.01. The van der Waals surface area contributed by atoms with Crippen LogP contribution >= 0.6 is 11.8 Å². The number of benzene rings is 1. The highest BCUT2D eigenvalue weighted by molar-refractivity contribution is 7.99. The third kappa shape index (κ3) is 1.37. The number of hydrogen-bond acceptors (Lipinski definition) is 2. The molecule has 2 heteroatoms. The molecule has 0 aliphatic carbocycles. The Kier molecular flexibility index (Phi) is 2.03. The molecule has 15 heavy (non-hydrogen) atoms. The van der Waals surface area contributed by atoms with Gasteiger partial charge in [0.25, 0.3) is 0 Å². The van der Waals surface area contributed by atoms with Gasteiger partial charge in [0.15, 0.2) is 0 Å². The van der Waals surface area contributed by atoms with Gasteiger partial charge in [0, 0.05) is 21.9 Å². The van der Waals surface area contributed by atoms with Gasteiger partial charge in [-0.25, -0.2) is 0 Å². The van der Waals surface area contributed by atoms with E-state index < -0.39 is 0 Å². The molecule has 1 aromatic heterocycles. The van der Waals surface area contributed by atoms with Crippen LogP contribution in [0.2, 0.25) is 0 Å². The molecule has 3 rings (SSSR count). The molecule has 1 aliphatic rings. The molecule has 2 heterocycles. The van der Waals surface area contributed by atoms with Crippen molar-refractivity contribution in [1.29, 1.82) is 0 Å². The second-order valence-corrected chi connectivity index (χ2v) is 5.08. The quantitative estimate of drug-likeness (QED) is 0.658. The van der Waals surface area contributed by atoms with Gasteiger partial charge in [-0.3, -0.25) is 4.98 Å². The van der Waals surface area contributed by atoms with E-state index in [1.165, 1.54) is 16.0 Å². The van der Waals surface area contributed by atoms with E-state index in [1.54, 1.807) is 0 Å². The molecule has 0 spiro atoms. The molecule has 1 aliphatic heterocycles. The van der Waals surface area contributed by atoms with Crippen LogP contribution in [-0.2, 0) is 0 Å². The summed E-state index contributed by atoms with van der Waals surface area (Å²) in [6.45, 7) is 2.25. The van der Waals surface area contributed by atoms with Gasteiger partial charge >= 0.3 is 0 Å². The molecule has 0 radical (unpaired) electrons. The van der Waals surface area contributed by atoms with Gasteiger partial charge in [-0.1, -0.05) is 24.3 Å². The van der Waals surface area contributed by atoms with Crippen LogP contribution in [0.1, 0.15) is 17.7 Å². The van der Waals surface area contributed by atoms with E-state index >= 15 is 0 Å². The van der Waals surface area contributed by atoms with Crippen molar-refractivity contribution < 1.29 is 0 Å². The van der Waals surface area contributed by atoms with E-state index in [4.69, 9.17) is 0 Å². The molecule has 0 saturated carbocycles. The second-order valence-electron chi connectivity index (χ2n) is 3.70. The van der Waals surface area contributed by atoms with Crippen molar-refractivity contribution in [2.24, 2.45) is 0 Å². The molecular formula is C13H11NS. The molecular weight excluding hydrogens is 202 g/mol. The predicted molar refractivity (Wildman–Crippen MR) is 63.9 cm³/mol. The smallest absolute Gasteiger partial charge is 0.0841 e. The number of nitrogens with zero attached hydrogens (tertiary/aromatic N) is 1. The van der Waals surface area contributed by atoms with E-state index in [9.17, 15) is 0 Å². The Morgan fingerprint density at radius 1 is 1.13 bits per heavy atom. The van der Waals surface area contributed by atoms with Crippen LogP contribution in [0.4, 0.5) is 0 Å². The number of hydrogen-bond donors (Lipinski definition) is 0. The minimum Gasteiger partial charge on any atom is -0.255 e. The van der Waals surface area contributed by atoms with E-state index in [-0.39, 0.29) is 0 Å². The summed E-state index contributed by atoms with van der Waals surface area (Å²) in [5.41, 5.74) is 3.82. The summed E-state index contributed by atoms with van der Waals surface area (Å²) in [5, 5.41) is 0.526. The molecule has 0 fully saturated rings. The van der Waals surface area contributed by atoms with Gasteiger partial charge in [0.2, 0.25) is 0 Å². The first-order valence-electron chi connectivity index (χ1n) is 5.07. The van der Waals surface area contributed by atoms with Gasteiger partial charge in [-0.2, -0.15) is 0 Å². The van der Waals surface area contributed by atoms with Gasteiger partial charge in [0.1, 0.15) is 0 Å². The molecule has 1 aromatic carbocycles. The van der Waals surface area contributed by atoms with Crippen LogP contribution in [0, 0.1) is 0 Å². The van der Waals surface area contributed by atoms with Crippen LogP contribution in [0.3, 0.4) is 0 Å². The summed E-state index contributed by atoms with van der Waals surface area (Å²) in [6.07, 6.45) is 1.87. The average molecular weight is 213 g/mol. The summed E-state index contributed by atoms with van der Waals surface area (Å²) in [4.78, 5) is 5.77. The number of thioether (sulfide) groups is 1. The third-order valence-electron chi connectivity index (χ3n) is 2.73. The van der Waals surface area contributed by atoms with Crippen molar-refractivity contribution >= 4 is 11.8 Å². The van der Waals surface area contributed by atoms with Crippen LogP contribution in [0.5, 0.6) is 0 Å². The fourth-order valence-electron chi connectivity index (χ4n) is 2.01. The molecule has 1 unspecified atom stereocenters. The minimum atomic E-state index is 0.526. The van der Waals surface area contributed by atoms with Crippen LogP contribution < -0.4 is 0 Å². The number of fused-ring (bicyclic) bond motifs is 3. The van der Waals surface area contributed by atoms with Gasteiger partial charge in [-0.05, 0) is 24.6 Å². The highest BCUT2D eigenvalue weighted by atomic mass is 32.2. The summed E-state index contributed by atoms with van der Waals surface area (Å²) in [6, 6.07) is 12.7. The molecule has 0 N–H and O–H groups in total. The zero-order chi connectivity index (χ0) is 10.3. The Hall–Kier alpha value is -1.28. The fraction of sp³-hybridized carbons (Fsp3) is 0.154. The van der Waals surface area contributed by atoms with E-state index in [0.717, 1.165) is 5.69 Å². The summed E-state index contributed by atoms with van der Waals surface area (Å²) < 4.78 is 0. The largest absolute Gasteiger partial charge is 0.255 e. The Labute approximate surface area is 93.6 Å². The van der Waals surface area contributed by atoms with Crippen LogP contribution in [0.15, 0.2) is 47.5 Å². The number of aromatic nitrogens is 1. The summed E-state index contributed by atoms with van der Waals surface area (Å²) in [7, 11) is 0. The van der Waals surface area contributed by atoms with Gasteiger partial charge in [0.05, 0.1) is 5.69 Å². The maximum absolute atomic E-state index is 4.47. The number of pyridine rings is 1. The van der Waals surface area contributed by atoms with Crippen molar-refractivity contribution in [3.63, 3.8) is 0 Å². The lowest BCUT2D eigenvalue weighted by atomic mass is 10.0. The SMILES string of the molecule is CC1Sc2cccnc2-c2ccccc21. The topological polar surface area (TPSA) is 12.9 Å². The third-order valence-corrected chi connectivity index (χ3v) is 3.92. The molecule has 0 bridgehead atoms. The molecule has 2 aromatic rings. The first kappa shape index (κ1) is 8.98. The van der Waals surface area contributed by atoms with Crippen molar-refractivity contribution in [1.82, 2.24) is 4.98 Å². The van der Waals surface area contributed by atoms with Crippen LogP contribution in [-0.4, -0.2) is 4.98 Å². The van der Waals surface area contributed by atoms with E-state index in [1.807, 2.05) is 24.0 Å². The van der Waals surface area contributed by atoms with Gasteiger partial charge in [-0.15, -0.1) is 11.8 Å². The second kappa shape index (κ2) is 3.38. The normalized spacial score (nSPS) is 18.1. The first-order valence-corrected chi connectivity index (χ1v) is 5.95. The van der Waals surface area contributed by atoms with E-state index in [0.29, 0.717) is 5.25 Å². The molecule has 0 amide bonds. The van der Waals surface area contributed by atoms with Crippen LogP contribution in [0.25, 0.3) is 11.3 Å². The predicted octanol–water partition coefficient (Wildman–Crippen LogP) is 3.92. The van der Waals surface area contributed by atoms with Gasteiger partial charge < -0.3 is 0 Å². The standard InChI is InChI=1S/C13H11NS/c1-9-10-5-2-3-6-11(10)13-12(15-9)7-4-8-14-13/h2-9H,1H3. The zero-order valence-electron chi connectivity index (χ0n) is 8.47. The maximum Gasteiger partial charge on any atom is 0.0841 e. The monoisotopic (exact) mass is 213 g/mol. The lowest BCUT2D eigenvalue weighted by molar-refractivity contribution is 1.06. The van der Waals surface area contributed by atoms with Crippen molar-refractivity contribution in [2.45, 2.75) is 17.1 Å². The maximum atomic E-state index is 4.47.